The fourth-order valence-electron chi connectivity index (χ4n) is 0.805. The summed E-state index contributed by atoms with van der Waals surface area (Å²) >= 11 is 0. The second-order valence-electron chi connectivity index (χ2n) is 5.11. The van der Waals surface area contributed by atoms with Gasteiger partial charge in [-0.15, -0.1) is 0 Å². The van der Waals surface area contributed by atoms with Gasteiger partial charge in [0.2, 0.25) is 0 Å². The number of hydrogen-bond acceptors (Lipinski definition) is 5. The predicted octanol–water partition coefficient (Wildman–Crippen LogP) is 1.06. The highest BCUT2D eigenvalue weighted by Crippen LogP contribution is 2.17. The molecular weight excluding hydrogens is 224 g/mol. The molecule has 1 N–H and O–H groups in total. The van der Waals surface area contributed by atoms with Gasteiger partial charge in [-0.3, -0.25) is 0 Å². The summed E-state index contributed by atoms with van der Waals surface area (Å²) in [5.41, 5.74) is -2.03. The molecule has 0 amide bonds. The van der Waals surface area contributed by atoms with Crippen LogP contribution in [0, 0.1) is 5.41 Å². The zero-order chi connectivity index (χ0) is 13.7. The molecule has 0 bridgehead atoms. The number of esters is 2. The van der Waals surface area contributed by atoms with E-state index in [9.17, 15) is 14.7 Å². The Morgan fingerprint density at radius 2 is 1.65 bits per heavy atom. The summed E-state index contributed by atoms with van der Waals surface area (Å²) in [5, 5.41) is 9.37. The van der Waals surface area contributed by atoms with Gasteiger partial charge in [-0.25, -0.2) is 9.59 Å². The first-order valence-corrected chi connectivity index (χ1v) is 5.27. The van der Waals surface area contributed by atoms with E-state index in [-0.39, 0.29) is 13.2 Å². The SMILES string of the molecule is C=CC(=O)OCC(C)(C)COC(=O)C(C)(C)O. The molecule has 0 aromatic carbocycles. The van der Waals surface area contributed by atoms with Crippen LogP contribution in [0.2, 0.25) is 0 Å². The zero-order valence-electron chi connectivity index (χ0n) is 10.8. The highest BCUT2D eigenvalue weighted by Gasteiger charge is 2.29. The predicted molar refractivity (Wildman–Crippen MR) is 62.2 cm³/mol. The average Bonchev–Trinajstić information content (AvgIpc) is 2.21. The molecule has 5 heteroatoms. The van der Waals surface area contributed by atoms with E-state index in [2.05, 4.69) is 6.58 Å². The maximum atomic E-state index is 11.3. The first kappa shape index (κ1) is 15.6. The normalized spacial score (nSPS) is 11.8. The van der Waals surface area contributed by atoms with Crippen LogP contribution in [0.4, 0.5) is 0 Å². The molecule has 5 nitrogen and oxygen atoms in total. The number of ether oxygens (including phenoxy) is 2. The first-order chi connectivity index (χ1) is 7.58. The standard InChI is InChI=1S/C12H20O5/c1-6-9(13)16-7-11(2,3)8-17-10(14)12(4,5)15/h6,15H,1,7-8H2,2-5H3. The Morgan fingerprint density at radius 1 is 1.18 bits per heavy atom. The van der Waals surface area contributed by atoms with Gasteiger partial charge in [0.1, 0.15) is 0 Å². The molecule has 0 radical (unpaired) electrons. The van der Waals surface area contributed by atoms with Crippen LogP contribution < -0.4 is 0 Å². The van der Waals surface area contributed by atoms with Crippen molar-refractivity contribution in [3.63, 3.8) is 0 Å². The Bertz CT molecular complexity index is 299. The van der Waals surface area contributed by atoms with Gasteiger partial charge in [-0.1, -0.05) is 20.4 Å². The summed E-state index contributed by atoms with van der Waals surface area (Å²) < 4.78 is 9.79. The minimum Gasteiger partial charge on any atom is -0.463 e. The van der Waals surface area contributed by atoms with E-state index >= 15 is 0 Å². The molecule has 0 aliphatic rings. The van der Waals surface area contributed by atoms with E-state index < -0.39 is 23.0 Å². The highest BCUT2D eigenvalue weighted by molar-refractivity contribution is 5.81. The summed E-state index contributed by atoms with van der Waals surface area (Å²) in [6, 6.07) is 0. The topological polar surface area (TPSA) is 72.8 Å². The third-order valence-corrected chi connectivity index (χ3v) is 1.87. The van der Waals surface area contributed by atoms with Gasteiger partial charge in [0.15, 0.2) is 5.60 Å². The second-order valence-corrected chi connectivity index (χ2v) is 5.11. The number of hydrogen-bond donors (Lipinski definition) is 1. The van der Waals surface area contributed by atoms with Gasteiger partial charge in [0.25, 0.3) is 0 Å². The lowest BCUT2D eigenvalue weighted by molar-refractivity contribution is -0.166. The molecule has 0 atom stereocenters. The molecule has 0 heterocycles. The molecule has 0 spiro atoms. The summed E-state index contributed by atoms with van der Waals surface area (Å²) in [7, 11) is 0. The minimum atomic E-state index is -1.52. The van der Waals surface area contributed by atoms with Crippen molar-refractivity contribution >= 4 is 11.9 Å². The maximum Gasteiger partial charge on any atom is 0.337 e. The van der Waals surface area contributed by atoms with Crippen molar-refractivity contribution in [1.82, 2.24) is 0 Å². The molecular formula is C12H20O5. The number of rotatable bonds is 6. The van der Waals surface area contributed by atoms with Crippen molar-refractivity contribution in [1.29, 1.82) is 0 Å². The smallest absolute Gasteiger partial charge is 0.337 e. The number of aliphatic hydroxyl groups is 1. The monoisotopic (exact) mass is 244 g/mol. The van der Waals surface area contributed by atoms with Crippen molar-refractivity contribution in [2.24, 2.45) is 5.41 Å². The van der Waals surface area contributed by atoms with Gasteiger partial charge in [-0.05, 0) is 13.8 Å². The molecule has 17 heavy (non-hydrogen) atoms. The van der Waals surface area contributed by atoms with E-state index in [0.29, 0.717) is 0 Å². The van der Waals surface area contributed by atoms with Crippen LogP contribution >= 0.6 is 0 Å². The van der Waals surface area contributed by atoms with Gasteiger partial charge >= 0.3 is 11.9 Å². The van der Waals surface area contributed by atoms with E-state index in [1.165, 1.54) is 13.8 Å². The molecule has 0 aromatic rings. The Morgan fingerprint density at radius 3 is 2.06 bits per heavy atom. The fraction of sp³-hybridized carbons (Fsp3) is 0.667. The van der Waals surface area contributed by atoms with Crippen LogP contribution in [-0.4, -0.2) is 35.9 Å². The van der Waals surface area contributed by atoms with Crippen LogP contribution in [0.25, 0.3) is 0 Å². The summed E-state index contributed by atoms with van der Waals surface area (Å²) in [4.78, 5) is 22.2. The van der Waals surface area contributed by atoms with Crippen molar-refractivity contribution < 1.29 is 24.2 Å². The average molecular weight is 244 g/mol. The van der Waals surface area contributed by atoms with E-state index in [4.69, 9.17) is 9.47 Å². The second kappa shape index (κ2) is 5.82. The lowest BCUT2D eigenvalue weighted by Gasteiger charge is -2.25. The molecule has 0 rings (SSSR count). The van der Waals surface area contributed by atoms with E-state index in [1.54, 1.807) is 13.8 Å². The van der Waals surface area contributed by atoms with Crippen LogP contribution in [0.1, 0.15) is 27.7 Å². The lowest BCUT2D eigenvalue weighted by Crippen LogP contribution is -2.37. The van der Waals surface area contributed by atoms with Gasteiger partial charge in [-0.2, -0.15) is 0 Å². The molecule has 0 fully saturated rings. The third-order valence-electron chi connectivity index (χ3n) is 1.87. The summed E-state index contributed by atoms with van der Waals surface area (Å²) in [6.45, 7) is 9.69. The first-order valence-electron chi connectivity index (χ1n) is 5.27. The summed E-state index contributed by atoms with van der Waals surface area (Å²) in [6.07, 6.45) is 1.07. The number of carbonyl (C=O) groups excluding carboxylic acids is 2. The molecule has 0 saturated carbocycles. The molecule has 0 aromatic heterocycles. The fourth-order valence-corrected chi connectivity index (χ4v) is 0.805. The van der Waals surface area contributed by atoms with Crippen LogP contribution in [0.3, 0.4) is 0 Å². The Hall–Kier alpha value is -1.36. The van der Waals surface area contributed by atoms with Crippen molar-refractivity contribution in [2.75, 3.05) is 13.2 Å². The van der Waals surface area contributed by atoms with Gasteiger partial charge in [0.05, 0.1) is 13.2 Å². The van der Waals surface area contributed by atoms with Crippen LogP contribution in [-0.2, 0) is 19.1 Å². The van der Waals surface area contributed by atoms with Crippen molar-refractivity contribution in [3.8, 4) is 0 Å². The van der Waals surface area contributed by atoms with Gasteiger partial charge < -0.3 is 14.6 Å². The Labute approximate surface area is 101 Å². The Kier molecular flexibility index (Phi) is 5.35. The largest absolute Gasteiger partial charge is 0.463 e. The quantitative estimate of drug-likeness (QED) is 0.558. The molecule has 0 aliphatic carbocycles. The summed E-state index contributed by atoms with van der Waals surface area (Å²) in [5.74, 6) is -1.23. The zero-order valence-corrected chi connectivity index (χ0v) is 10.8. The maximum absolute atomic E-state index is 11.3. The molecule has 0 aliphatic heterocycles. The van der Waals surface area contributed by atoms with Crippen molar-refractivity contribution in [3.05, 3.63) is 12.7 Å². The lowest BCUT2D eigenvalue weighted by atomic mass is 9.96. The Balaban J connectivity index is 4.14. The molecule has 98 valence electrons. The van der Waals surface area contributed by atoms with Gasteiger partial charge in [0, 0.05) is 11.5 Å². The van der Waals surface area contributed by atoms with E-state index in [0.717, 1.165) is 6.08 Å². The number of carbonyl (C=O) groups is 2. The molecule has 0 saturated heterocycles. The van der Waals surface area contributed by atoms with Crippen molar-refractivity contribution in [2.45, 2.75) is 33.3 Å². The minimum absolute atomic E-state index is 0.0558. The molecule has 0 unspecified atom stereocenters. The van der Waals surface area contributed by atoms with Crippen LogP contribution in [0.5, 0.6) is 0 Å². The third kappa shape index (κ3) is 6.73. The van der Waals surface area contributed by atoms with E-state index in [1.807, 2.05) is 0 Å². The highest BCUT2D eigenvalue weighted by atomic mass is 16.6. The van der Waals surface area contributed by atoms with Crippen LogP contribution in [0.15, 0.2) is 12.7 Å².